The highest BCUT2D eigenvalue weighted by Crippen LogP contribution is 2.30. The van der Waals surface area contributed by atoms with Gasteiger partial charge in [0.2, 0.25) is 0 Å². The van der Waals surface area contributed by atoms with E-state index in [-0.39, 0.29) is 30.9 Å². The number of amides is 1. The fourth-order valence-corrected chi connectivity index (χ4v) is 2.45. The number of rotatable bonds is 9. The van der Waals surface area contributed by atoms with Gasteiger partial charge in [0.1, 0.15) is 12.0 Å². The third-order valence-electron chi connectivity index (χ3n) is 4.11. The standard InChI is InChI=1S/C20H28N2O4.ClH/c1-13(2)7-8-25-18-6-5-15(10-19(18)24-4)14(3)22-20(23)16-9-17(11-21)26-12-16;/h5-6,9-10,12-14H,7-8,11,21H2,1-4H3,(H,22,23);1H. The number of benzene rings is 1. The van der Waals surface area contributed by atoms with Gasteiger partial charge in [0.15, 0.2) is 11.5 Å². The monoisotopic (exact) mass is 396 g/mol. The number of halogens is 1. The first-order chi connectivity index (χ1) is 12.4. The van der Waals surface area contributed by atoms with E-state index < -0.39 is 0 Å². The van der Waals surface area contributed by atoms with Crippen molar-refractivity contribution in [2.45, 2.75) is 39.8 Å². The molecule has 1 atom stereocenters. The number of methoxy groups -OCH3 is 1. The Morgan fingerprint density at radius 1 is 1.22 bits per heavy atom. The molecule has 1 unspecified atom stereocenters. The number of hydrogen-bond acceptors (Lipinski definition) is 5. The van der Waals surface area contributed by atoms with Crippen molar-refractivity contribution in [3.63, 3.8) is 0 Å². The van der Waals surface area contributed by atoms with Crippen LogP contribution in [0.5, 0.6) is 11.5 Å². The molecule has 0 spiro atoms. The highest BCUT2D eigenvalue weighted by atomic mass is 35.5. The zero-order valence-electron chi connectivity index (χ0n) is 16.3. The molecular formula is C20H29ClN2O4. The first-order valence-electron chi connectivity index (χ1n) is 8.83. The van der Waals surface area contributed by atoms with E-state index in [4.69, 9.17) is 19.6 Å². The van der Waals surface area contributed by atoms with Crippen LogP contribution in [0.2, 0.25) is 0 Å². The maximum Gasteiger partial charge on any atom is 0.255 e. The average Bonchev–Trinajstić information content (AvgIpc) is 3.10. The zero-order chi connectivity index (χ0) is 19.1. The van der Waals surface area contributed by atoms with Gasteiger partial charge in [0, 0.05) is 0 Å². The number of nitrogens with one attached hydrogen (secondary N) is 1. The molecule has 0 aliphatic carbocycles. The minimum Gasteiger partial charge on any atom is -0.493 e. The zero-order valence-corrected chi connectivity index (χ0v) is 17.1. The van der Waals surface area contributed by atoms with Crippen LogP contribution in [0.25, 0.3) is 0 Å². The van der Waals surface area contributed by atoms with Crippen LogP contribution in [0, 0.1) is 5.92 Å². The average molecular weight is 397 g/mol. The molecule has 150 valence electrons. The molecule has 27 heavy (non-hydrogen) atoms. The molecule has 0 radical (unpaired) electrons. The number of carbonyl (C=O) groups excluding carboxylic acids is 1. The van der Waals surface area contributed by atoms with Crippen LogP contribution in [0.1, 0.15) is 54.9 Å². The molecule has 0 aliphatic rings. The van der Waals surface area contributed by atoms with Gasteiger partial charge in [-0.3, -0.25) is 4.79 Å². The molecular weight excluding hydrogens is 368 g/mol. The van der Waals surface area contributed by atoms with E-state index in [0.717, 1.165) is 12.0 Å². The maximum absolute atomic E-state index is 12.3. The van der Waals surface area contributed by atoms with Crippen molar-refractivity contribution in [3.8, 4) is 11.5 Å². The molecule has 0 saturated heterocycles. The summed E-state index contributed by atoms with van der Waals surface area (Å²) in [5, 5.41) is 2.94. The van der Waals surface area contributed by atoms with Gasteiger partial charge < -0.3 is 24.9 Å². The summed E-state index contributed by atoms with van der Waals surface area (Å²) in [5.41, 5.74) is 6.88. The lowest BCUT2D eigenvalue weighted by Crippen LogP contribution is -2.26. The molecule has 0 saturated carbocycles. The number of furan rings is 1. The Hall–Kier alpha value is -2.18. The Labute approximate surface area is 166 Å². The van der Waals surface area contributed by atoms with Crippen molar-refractivity contribution in [2.75, 3.05) is 13.7 Å². The molecule has 1 amide bonds. The van der Waals surface area contributed by atoms with Gasteiger partial charge in [0.25, 0.3) is 5.91 Å². The van der Waals surface area contributed by atoms with Gasteiger partial charge in [-0.2, -0.15) is 0 Å². The SMILES string of the molecule is COc1cc(C(C)NC(=O)c2coc(CN)c2)ccc1OCCC(C)C.Cl. The highest BCUT2D eigenvalue weighted by Gasteiger charge is 2.16. The van der Waals surface area contributed by atoms with Crippen molar-refractivity contribution in [1.82, 2.24) is 5.32 Å². The van der Waals surface area contributed by atoms with Crippen LogP contribution >= 0.6 is 12.4 Å². The lowest BCUT2D eigenvalue weighted by molar-refractivity contribution is 0.0939. The Kier molecular flexibility index (Phi) is 9.18. The molecule has 0 aliphatic heterocycles. The van der Waals surface area contributed by atoms with Crippen molar-refractivity contribution in [3.05, 3.63) is 47.4 Å². The molecule has 0 bridgehead atoms. The van der Waals surface area contributed by atoms with E-state index in [1.807, 2.05) is 25.1 Å². The Morgan fingerprint density at radius 3 is 2.56 bits per heavy atom. The van der Waals surface area contributed by atoms with Crippen LogP contribution in [0.15, 0.2) is 34.9 Å². The second kappa shape index (κ2) is 10.8. The lowest BCUT2D eigenvalue weighted by atomic mass is 10.1. The quantitative estimate of drug-likeness (QED) is 0.666. The first-order valence-corrected chi connectivity index (χ1v) is 8.83. The fraction of sp³-hybridized carbons (Fsp3) is 0.450. The summed E-state index contributed by atoms with van der Waals surface area (Å²) in [5.74, 6) is 2.31. The second-order valence-corrected chi connectivity index (χ2v) is 6.64. The largest absolute Gasteiger partial charge is 0.493 e. The van der Waals surface area contributed by atoms with Gasteiger partial charge in [-0.1, -0.05) is 19.9 Å². The van der Waals surface area contributed by atoms with Crippen molar-refractivity contribution in [2.24, 2.45) is 11.7 Å². The minimum atomic E-state index is -0.211. The van der Waals surface area contributed by atoms with Crippen LogP contribution < -0.4 is 20.5 Å². The topological polar surface area (TPSA) is 86.7 Å². The van der Waals surface area contributed by atoms with Gasteiger partial charge in [-0.15, -0.1) is 12.4 Å². The van der Waals surface area contributed by atoms with Crippen LogP contribution in [0.4, 0.5) is 0 Å². The predicted octanol–water partition coefficient (Wildman–Crippen LogP) is 4.08. The molecule has 1 aromatic carbocycles. The van der Waals surface area contributed by atoms with Crippen molar-refractivity contribution < 1.29 is 18.7 Å². The summed E-state index contributed by atoms with van der Waals surface area (Å²) in [6.45, 7) is 7.13. The highest BCUT2D eigenvalue weighted by molar-refractivity contribution is 5.94. The second-order valence-electron chi connectivity index (χ2n) is 6.64. The van der Waals surface area contributed by atoms with Crippen LogP contribution in [0.3, 0.4) is 0 Å². The lowest BCUT2D eigenvalue weighted by Gasteiger charge is -2.17. The van der Waals surface area contributed by atoms with E-state index in [9.17, 15) is 4.79 Å². The maximum atomic E-state index is 12.3. The van der Waals surface area contributed by atoms with E-state index in [0.29, 0.717) is 35.3 Å². The summed E-state index contributed by atoms with van der Waals surface area (Å²) >= 11 is 0. The number of carbonyl (C=O) groups is 1. The van der Waals surface area contributed by atoms with Gasteiger partial charge >= 0.3 is 0 Å². The summed E-state index contributed by atoms with van der Waals surface area (Å²) < 4.78 is 16.4. The third-order valence-corrected chi connectivity index (χ3v) is 4.11. The summed E-state index contributed by atoms with van der Waals surface area (Å²) in [7, 11) is 1.61. The van der Waals surface area contributed by atoms with E-state index >= 15 is 0 Å². The molecule has 3 N–H and O–H groups in total. The summed E-state index contributed by atoms with van der Waals surface area (Å²) in [6, 6.07) is 7.14. The van der Waals surface area contributed by atoms with Gasteiger partial charge in [-0.25, -0.2) is 0 Å². The molecule has 2 aromatic rings. The number of nitrogens with two attached hydrogens (primary N) is 1. The van der Waals surface area contributed by atoms with Crippen molar-refractivity contribution in [1.29, 1.82) is 0 Å². The normalized spacial score (nSPS) is 11.6. The van der Waals surface area contributed by atoms with Gasteiger partial charge in [0.05, 0.1) is 31.9 Å². The number of ether oxygens (including phenoxy) is 2. The molecule has 1 aromatic heterocycles. The Morgan fingerprint density at radius 2 is 1.96 bits per heavy atom. The summed E-state index contributed by atoms with van der Waals surface area (Å²) in [4.78, 5) is 12.3. The van der Waals surface area contributed by atoms with Gasteiger partial charge in [-0.05, 0) is 43.0 Å². The van der Waals surface area contributed by atoms with E-state index in [1.165, 1.54) is 6.26 Å². The van der Waals surface area contributed by atoms with E-state index in [2.05, 4.69) is 19.2 Å². The van der Waals surface area contributed by atoms with Crippen molar-refractivity contribution >= 4 is 18.3 Å². The molecule has 1 heterocycles. The molecule has 0 fully saturated rings. The Bertz CT molecular complexity index is 731. The smallest absolute Gasteiger partial charge is 0.255 e. The van der Waals surface area contributed by atoms with E-state index in [1.54, 1.807) is 13.2 Å². The minimum absolute atomic E-state index is 0. The Balaban J connectivity index is 0.00000364. The third kappa shape index (κ3) is 6.48. The number of hydrogen-bond donors (Lipinski definition) is 2. The fourth-order valence-electron chi connectivity index (χ4n) is 2.45. The van der Waals surface area contributed by atoms with Crippen LogP contribution in [-0.2, 0) is 6.54 Å². The predicted molar refractivity (Wildman–Crippen MR) is 108 cm³/mol. The summed E-state index contributed by atoms with van der Waals surface area (Å²) in [6.07, 6.45) is 2.39. The molecule has 2 rings (SSSR count). The first kappa shape index (κ1) is 22.9. The van der Waals surface area contributed by atoms with Crippen LogP contribution in [-0.4, -0.2) is 19.6 Å². The molecule has 7 heteroatoms. The molecule has 6 nitrogen and oxygen atoms in total.